The van der Waals surface area contributed by atoms with Crippen LogP contribution in [0.3, 0.4) is 0 Å². The van der Waals surface area contributed by atoms with Gasteiger partial charge in [-0.15, -0.1) is 0 Å². The molecular weight excluding hydrogens is 426 g/mol. The molecule has 1 aromatic carbocycles. The minimum Gasteiger partial charge on any atom is -0.503 e. The van der Waals surface area contributed by atoms with E-state index in [0.717, 1.165) is 12.8 Å². The van der Waals surface area contributed by atoms with Gasteiger partial charge in [0, 0.05) is 0 Å². The Bertz CT molecular complexity index is 1150. The molecule has 8 heteroatoms. The number of carbonyl (C=O) groups is 2. The molecule has 3 heterocycles. The topological polar surface area (TPSA) is 102 Å². The molecule has 3 aromatic rings. The molecule has 0 radical (unpaired) electrons. The number of hydrogen-bond donors (Lipinski definition) is 1. The largest absolute Gasteiger partial charge is 0.503 e. The van der Waals surface area contributed by atoms with Crippen LogP contribution in [0.25, 0.3) is 0 Å². The van der Waals surface area contributed by atoms with E-state index in [1.807, 2.05) is 0 Å². The summed E-state index contributed by atoms with van der Waals surface area (Å²) in [4.78, 5) is 27.6. The highest BCUT2D eigenvalue weighted by Crippen LogP contribution is 2.42. The van der Waals surface area contributed by atoms with E-state index in [4.69, 9.17) is 18.3 Å². The second-order valence-corrected chi connectivity index (χ2v) is 7.60. The fourth-order valence-electron chi connectivity index (χ4n) is 3.81. The normalized spacial score (nSPS) is 15.9. The van der Waals surface area contributed by atoms with Crippen LogP contribution in [0.4, 0.5) is 0 Å². The van der Waals surface area contributed by atoms with Gasteiger partial charge in [0.1, 0.15) is 5.76 Å². The minimum absolute atomic E-state index is 0.0284. The van der Waals surface area contributed by atoms with Gasteiger partial charge < -0.3 is 28.3 Å². The van der Waals surface area contributed by atoms with E-state index in [-0.39, 0.29) is 17.9 Å². The Morgan fingerprint density at radius 1 is 1.12 bits per heavy atom. The number of amides is 1. The average Bonchev–Trinajstić information content (AvgIpc) is 3.58. The molecule has 2 aromatic heterocycles. The molecule has 0 spiro atoms. The molecule has 0 unspecified atom stereocenters. The third-order valence-corrected chi connectivity index (χ3v) is 5.46. The Morgan fingerprint density at radius 2 is 1.91 bits per heavy atom. The average molecular weight is 451 g/mol. The maximum Gasteiger partial charge on any atom is 0.290 e. The van der Waals surface area contributed by atoms with Gasteiger partial charge in [-0.2, -0.15) is 0 Å². The molecule has 0 fully saturated rings. The molecule has 0 aliphatic carbocycles. The maximum absolute atomic E-state index is 13.2. The standard InChI is InChI=1S/C25H25NO7/c1-3-4-11-32-18-10-9-16(14-20(18)30-2)22-21(23(27)19-8-6-13-33-19)24(28)25(29)26(22)15-17-7-5-12-31-17/h5-10,12-14,22,28H,3-4,11,15H2,1-2H3/t22-/m0/s1. The van der Waals surface area contributed by atoms with E-state index in [1.54, 1.807) is 36.4 Å². The number of unbranched alkanes of at least 4 members (excludes halogenated alkanes) is 1. The van der Waals surface area contributed by atoms with Crippen molar-refractivity contribution in [3.05, 3.63) is 83.4 Å². The molecule has 1 aliphatic rings. The first kappa shape index (κ1) is 22.3. The number of rotatable bonds is 10. The molecule has 0 saturated carbocycles. The van der Waals surface area contributed by atoms with Crippen molar-refractivity contribution in [3.63, 3.8) is 0 Å². The molecule has 1 aliphatic heterocycles. The van der Waals surface area contributed by atoms with Gasteiger partial charge in [-0.25, -0.2) is 0 Å². The second-order valence-electron chi connectivity index (χ2n) is 7.60. The molecule has 0 bridgehead atoms. The molecule has 4 rings (SSSR count). The van der Waals surface area contributed by atoms with Crippen molar-refractivity contribution in [2.45, 2.75) is 32.4 Å². The lowest BCUT2D eigenvalue weighted by atomic mass is 9.94. The number of hydrogen-bond acceptors (Lipinski definition) is 7. The van der Waals surface area contributed by atoms with Gasteiger partial charge >= 0.3 is 0 Å². The number of methoxy groups -OCH3 is 1. The van der Waals surface area contributed by atoms with Crippen molar-refractivity contribution >= 4 is 11.7 Å². The smallest absolute Gasteiger partial charge is 0.290 e. The number of carbonyl (C=O) groups excluding carboxylic acids is 2. The number of nitrogens with zero attached hydrogens (tertiary/aromatic N) is 1. The van der Waals surface area contributed by atoms with E-state index in [9.17, 15) is 14.7 Å². The quantitative estimate of drug-likeness (QED) is 0.348. The molecule has 33 heavy (non-hydrogen) atoms. The molecule has 172 valence electrons. The van der Waals surface area contributed by atoms with Crippen molar-refractivity contribution < 1.29 is 33.0 Å². The Hall–Kier alpha value is -3.94. The second kappa shape index (κ2) is 9.68. The van der Waals surface area contributed by atoms with Crippen LogP contribution in [0.2, 0.25) is 0 Å². The van der Waals surface area contributed by atoms with Crippen molar-refractivity contribution in [1.82, 2.24) is 4.90 Å². The van der Waals surface area contributed by atoms with Crippen LogP contribution in [-0.2, 0) is 11.3 Å². The van der Waals surface area contributed by atoms with Crippen molar-refractivity contribution in [2.24, 2.45) is 0 Å². The van der Waals surface area contributed by atoms with E-state index in [1.165, 1.54) is 30.6 Å². The number of ether oxygens (including phenoxy) is 2. The minimum atomic E-state index is -0.876. The predicted octanol–water partition coefficient (Wildman–Crippen LogP) is 4.84. The van der Waals surface area contributed by atoms with Crippen molar-refractivity contribution in [1.29, 1.82) is 0 Å². The molecule has 0 saturated heterocycles. The lowest BCUT2D eigenvalue weighted by Crippen LogP contribution is -2.30. The summed E-state index contributed by atoms with van der Waals surface area (Å²) in [7, 11) is 1.52. The van der Waals surface area contributed by atoms with Crippen molar-refractivity contribution in [3.8, 4) is 11.5 Å². The SMILES string of the molecule is CCCCOc1ccc([C@H]2C(C(=O)c3ccco3)=C(O)C(=O)N2Cc2ccco2)cc1OC. The monoisotopic (exact) mass is 451 g/mol. The Labute approximate surface area is 191 Å². The highest BCUT2D eigenvalue weighted by atomic mass is 16.5. The van der Waals surface area contributed by atoms with E-state index < -0.39 is 23.5 Å². The van der Waals surface area contributed by atoms with Gasteiger partial charge in [-0.3, -0.25) is 9.59 Å². The summed E-state index contributed by atoms with van der Waals surface area (Å²) in [6.07, 6.45) is 4.76. The third-order valence-electron chi connectivity index (χ3n) is 5.46. The lowest BCUT2D eigenvalue weighted by molar-refractivity contribution is -0.130. The van der Waals surface area contributed by atoms with Crippen LogP contribution in [0, 0.1) is 0 Å². The van der Waals surface area contributed by atoms with Gasteiger partial charge in [0.05, 0.1) is 44.4 Å². The Morgan fingerprint density at radius 3 is 2.58 bits per heavy atom. The highest BCUT2D eigenvalue weighted by molar-refractivity contribution is 6.15. The Balaban J connectivity index is 1.76. The van der Waals surface area contributed by atoms with Crippen LogP contribution in [0.1, 0.15) is 47.7 Å². The van der Waals surface area contributed by atoms with Gasteiger partial charge in [0.25, 0.3) is 5.91 Å². The van der Waals surface area contributed by atoms with Crippen LogP contribution >= 0.6 is 0 Å². The molecular formula is C25H25NO7. The van der Waals surface area contributed by atoms with Gasteiger partial charge in [-0.1, -0.05) is 19.4 Å². The number of aliphatic hydroxyl groups is 1. The summed E-state index contributed by atoms with van der Waals surface area (Å²) in [5.74, 6) is -0.294. The first-order valence-corrected chi connectivity index (χ1v) is 10.7. The fourth-order valence-corrected chi connectivity index (χ4v) is 3.81. The zero-order valence-corrected chi connectivity index (χ0v) is 18.4. The van der Waals surface area contributed by atoms with Crippen LogP contribution in [-0.4, -0.2) is 35.4 Å². The van der Waals surface area contributed by atoms with Gasteiger partial charge in [0.15, 0.2) is 23.0 Å². The predicted molar refractivity (Wildman–Crippen MR) is 118 cm³/mol. The zero-order chi connectivity index (χ0) is 23.4. The Kier molecular flexibility index (Phi) is 6.53. The molecule has 1 atom stereocenters. The zero-order valence-electron chi connectivity index (χ0n) is 18.4. The number of Topliss-reactive ketones (excluding diaryl/α,β-unsaturated/α-hetero) is 1. The van der Waals surface area contributed by atoms with E-state index in [0.29, 0.717) is 29.4 Å². The molecule has 8 nitrogen and oxygen atoms in total. The van der Waals surface area contributed by atoms with E-state index in [2.05, 4.69) is 6.92 Å². The number of benzene rings is 1. The third kappa shape index (κ3) is 4.37. The van der Waals surface area contributed by atoms with Crippen LogP contribution in [0.15, 0.2) is 75.2 Å². The van der Waals surface area contributed by atoms with Gasteiger partial charge in [0.2, 0.25) is 5.78 Å². The van der Waals surface area contributed by atoms with Crippen LogP contribution in [0.5, 0.6) is 11.5 Å². The lowest BCUT2D eigenvalue weighted by Gasteiger charge is -2.26. The van der Waals surface area contributed by atoms with Gasteiger partial charge in [-0.05, 0) is 48.4 Å². The molecule has 1 N–H and O–H groups in total. The van der Waals surface area contributed by atoms with Crippen LogP contribution < -0.4 is 9.47 Å². The first-order valence-electron chi connectivity index (χ1n) is 10.7. The highest BCUT2D eigenvalue weighted by Gasteiger charge is 2.45. The fraction of sp³-hybridized carbons (Fsp3) is 0.280. The number of furan rings is 2. The summed E-state index contributed by atoms with van der Waals surface area (Å²) < 4.78 is 22.0. The van der Waals surface area contributed by atoms with E-state index >= 15 is 0 Å². The molecule has 1 amide bonds. The summed E-state index contributed by atoms with van der Waals surface area (Å²) in [6.45, 7) is 2.68. The number of aliphatic hydroxyl groups excluding tert-OH is 1. The maximum atomic E-state index is 13.2. The van der Waals surface area contributed by atoms with Crippen molar-refractivity contribution in [2.75, 3.05) is 13.7 Å². The summed E-state index contributed by atoms with van der Waals surface area (Å²) in [5, 5.41) is 10.7. The first-order chi connectivity index (χ1) is 16.0. The summed E-state index contributed by atoms with van der Waals surface area (Å²) in [5.41, 5.74) is 0.511. The summed E-state index contributed by atoms with van der Waals surface area (Å²) in [6, 6.07) is 10.8. The number of ketones is 1. The summed E-state index contributed by atoms with van der Waals surface area (Å²) >= 11 is 0.